The summed E-state index contributed by atoms with van der Waals surface area (Å²) in [6.07, 6.45) is 33.1. The molecule has 0 aliphatic carbocycles. The summed E-state index contributed by atoms with van der Waals surface area (Å²) in [4.78, 5) is 11.7. The highest BCUT2D eigenvalue weighted by molar-refractivity contribution is 5.88. The zero-order valence-corrected chi connectivity index (χ0v) is 18.2. The van der Waals surface area contributed by atoms with E-state index in [1.165, 1.54) is 0 Å². The van der Waals surface area contributed by atoms with Crippen molar-refractivity contribution in [3.63, 3.8) is 0 Å². The van der Waals surface area contributed by atoms with Gasteiger partial charge in [0.05, 0.1) is 6.61 Å². The summed E-state index contributed by atoms with van der Waals surface area (Å²) in [7, 11) is 0. The van der Waals surface area contributed by atoms with Gasteiger partial charge >= 0.3 is 5.97 Å². The van der Waals surface area contributed by atoms with Gasteiger partial charge in [-0.15, -0.1) is 0 Å². The first kappa shape index (κ1) is 25.9. The van der Waals surface area contributed by atoms with E-state index in [2.05, 4.69) is 67.7 Å². The molecule has 0 bridgehead atoms. The first-order chi connectivity index (χ1) is 13.8. The molecule has 0 saturated carbocycles. The molecular weight excluding hydrogens is 344 g/mol. The average molecular weight is 385 g/mol. The molecule has 0 aliphatic heterocycles. The van der Waals surface area contributed by atoms with Crippen LogP contribution in [0, 0.1) is 0 Å². The quantitative estimate of drug-likeness (QED) is 0.117. The van der Waals surface area contributed by atoms with Crippen molar-refractivity contribution < 1.29 is 9.53 Å². The molecule has 0 amide bonds. The summed E-state index contributed by atoms with van der Waals surface area (Å²) in [6, 6.07) is 0. The molecule has 0 aromatic rings. The highest BCUT2D eigenvalue weighted by atomic mass is 16.5. The van der Waals surface area contributed by atoms with Gasteiger partial charge in [0.2, 0.25) is 0 Å². The molecule has 0 rings (SSSR count). The highest BCUT2D eigenvalue weighted by Crippen LogP contribution is 2.08. The molecule has 0 aliphatic rings. The number of rotatable bonds is 16. The predicted octanol–water partition coefficient (Wildman–Crippen LogP) is 7.81. The van der Waals surface area contributed by atoms with Crippen LogP contribution in [0.25, 0.3) is 0 Å². The molecule has 0 radical (unpaired) electrons. The molecular formula is C26H40O2. The second kappa shape index (κ2) is 21.2. The molecule has 28 heavy (non-hydrogen) atoms. The number of carbonyl (C=O) groups is 1. The second-order valence-corrected chi connectivity index (χ2v) is 6.44. The Morgan fingerprint density at radius 1 is 0.679 bits per heavy atom. The molecule has 0 fully saturated rings. The third-order valence-electron chi connectivity index (χ3n) is 4.04. The van der Waals surface area contributed by atoms with Crippen LogP contribution in [0.2, 0.25) is 0 Å². The van der Waals surface area contributed by atoms with E-state index >= 15 is 0 Å². The van der Waals surface area contributed by atoms with E-state index in [0.29, 0.717) is 6.61 Å². The lowest BCUT2D eigenvalue weighted by Crippen LogP contribution is -2.06. The standard InChI is InChI=1S/C26H40O2/c1-4-7-8-9-10-11-12-13-14-15-16-17-18-19-20-21-22-23-24-25(5-2)26(27)28-6-3/h7-8,10-11,13-14,16-17,19-20,24H,4-6,9,12,15,18,21-23H2,1-3H3/b8-7-,11-10-,14-13-,17-16-,20-19-,25-24+. The fourth-order valence-corrected chi connectivity index (χ4v) is 2.48. The van der Waals surface area contributed by atoms with Crippen LogP contribution in [0.1, 0.15) is 78.6 Å². The van der Waals surface area contributed by atoms with Crippen LogP contribution in [0.15, 0.2) is 72.4 Å². The maximum Gasteiger partial charge on any atom is 0.333 e. The number of carbonyl (C=O) groups excluding carboxylic acids is 1. The number of hydrogen-bond acceptors (Lipinski definition) is 2. The van der Waals surface area contributed by atoms with E-state index in [0.717, 1.165) is 63.4 Å². The minimum absolute atomic E-state index is 0.167. The van der Waals surface area contributed by atoms with E-state index in [4.69, 9.17) is 4.74 Å². The molecule has 0 heterocycles. The average Bonchev–Trinajstić information content (AvgIpc) is 2.70. The predicted molar refractivity (Wildman–Crippen MR) is 123 cm³/mol. The Kier molecular flexibility index (Phi) is 19.6. The first-order valence-electron chi connectivity index (χ1n) is 10.9. The topological polar surface area (TPSA) is 26.3 Å². The SMILES string of the molecule is CC/C=C\C/C=C\C/C=C\C/C=C\C/C=C\CCC/C=C(\CC)C(=O)OCC. The van der Waals surface area contributed by atoms with Crippen molar-refractivity contribution in [3.05, 3.63) is 72.4 Å². The van der Waals surface area contributed by atoms with Gasteiger partial charge in [-0.1, -0.05) is 80.7 Å². The summed E-state index contributed by atoms with van der Waals surface area (Å²) in [5, 5.41) is 0. The van der Waals surface area contributed by atoms with E-state index in [-0.39, 0.29) is 5.97 Å². The maximum atomic E-state index is 11.7. The van der Waals surface area contributed by atoms with Crippen LogP contribution >= 0.6 is 0 Å². The van der Waals surface area contributed by atoms with Crippen molar-refractivity contribution in [2.45, 2.75) is 78.6 Å². The van der Waals surface area contributed by atoms with Crippen LogP contribution in [0.4, 0.5) is 0 Å². The Morgan fingerprint density at radius 3 is 1.64 bits per heavy atom. The van der Waals surface area contributed by atoms with Crippen molar-refractivity contribution >= 4 is 5.97 Å². The molecule has 0 atom stereocenters. The molecule has 0 aromatic carbocycles. The molecule has 2 heteroatoms. The van der Waals surface area contributed by atoms with Crippen molar-refractivity contribution in [2.24, 2.45) is 0 Å². The minimum Gasteiger partial charge on any atom is -0.463 e. The first-order valence-corrected chi connectivity index (χ1v) is 10.9. The summed E-state index contributed by atoms with van der Waals surface area (Å²) in [6.45, 7) is 6.43. The van der Waals surface area contributed by atoms with E-state index < -0.39 is 0 Å². The Bertz CT molecular complexity index is 545. The Balaban J connectivity index is 3.72. The smallest absolute Gasteiger partial charge is 0.333 e. The van der Waals surface area contributed by atoms with Gasteiger partial charge in [0.15, 0.2) is 0 Å². The Morgan fingerprint density at radius 2 is 1.18 bits per heavy atom. The summed E-state index contributed by atoms with van der Waals surface area (Å²) in [5.41, 5.74) is 0.797. The normalized spacial score (nSPS) is 13.2. The van der Waals surface area contributed by atoms with Crippen molar-refractivity contribution in [1.29, 1.82) is 0 Å². The summed E-state index contributed by atoms with van der Waals surface area (Å²) >= 11 is 0. The fraction of sp³-hybridized carbons (Fsp3) is 0.500. The van der Waals surface area contributed by atoms with Gasteiger partial charge in [-0.05, 0) is 64.7 Å². The van der Waals surface area contributed by atoms with Crippen LogP contribution < -0.4 is 0 Å². The van der Waals surface area contributed by atoms with Gasteiger partial charge in [-0.3, -0.25) is 0 Å². The number of allylic oxidation sites excluding steroid dienone is 11. The third kappa shape index (κ3) is 17.3. The second-order valence-electron chi connectivity index (χ2n) is 6.44. The van der Waals surface area contributed by atoms with Crippen LogP contribution in [-0.4, -0.2) is 12.6 Å². The highest BCUT2D eigenvalue weighted by Gasteiger charge is 2.06. The molecule has 0 aromatic heterocycles. The van der Waals surface area contributed by atoms with E-state index in [9.17, 15) is 4.79 Å². The molecule has 2 nitrogen and oxygen atoms in total. The zero-order chi connectivity index (χ0) is 20.7. The molecule has 0 unspecified atom stereocenters. The monoisotopic (exact) mass is 384 g/mol. The van der Waals surface area contributed by atoms with Crippen molar-refractivity contribution in [2.75, 3.05) is 6.61 Å². The molecule has 0 N–H and O–H groups in total. The maximum absolute atomic E-state index is 11.7. The van der Waals surface area contributed by atoms with Gasteiger partial charge in [0.1, 0.15) is 0 Å². The number of ether oxygens (including phenoxy) is 1. The van der Waals surface area contributed by atoms with E-state index in [1.54, 1.807) is 0 Å². The van der Waals surface area contributed by atoms with Crippen molar-refractivity contribution in [3.8, 4) is 0 Å². The number of esters is 1. The fourth-order valence-electron chi connectivity index (χ4n) is 2.48. The van der Waals surface area contributed by atoms with Crippen LogP contribution in [-0.2, 0) is 9.53 Å². The van der Waals surface area contributed by atoms with Gasteiger partial charge in [0, 0.05) is 5.57 Å². The Labute approximate surface area is 173 Å². The van der Waals surface area contributed by atoms with Gasteiger partial charge in [-0.25, -0.2) is 4.79 Å². The summed E-state index contributed by atoms with van der Waals surface area (Å²) < 4.78 is 5.04. The van der Waals surface area contributed by atoms with Gasteiger partial charge in [0.25, 0.3) is 0 Å². The zero-order valence-electron chi connectivity index (χ0n) is 18.2. The third-order valence-corrected chi connectivity index (χ3v) is 4.04. The molecule has 0 spiro atoms. The molecule has 156 valence electrons. The van der Waals surface area contributed by atoms with Crippen LogP contribution in [0.5, 0.6) is 0 Å². The lowest BCUT2D eigenvalue weighted by Gasteiger charge is -2.03. The largest absolute Gasteiger partial charge is 0.463 e. The van der Waals surface area contributed by atoms with Crippen LogP contribution in [0.3, 0.4) is 0 Å². The number of hydrogen-bond donors (Lipinski definition) is 0. The van der Waals surface area contributed by atoms with Gasteiger partial charge in [-0.2, -0.15) is 0 Å². The van der Waals surface area contributed by atoms with E-state index in [1.807, 2.05) is 19.9 Å². The molecule has 0 saturated heterocycles. The lowest BCUT2D eigenvalue weighted by atomic mass is 10.1. The lowest BCUT2D eigenvalue weighted by molar-refractivity contribution is -0.138. The minimum atomic E-state index is -0.167. The van der Waals surface area contributed by atoms with Crippen molar-refractivity contribution in [1.82, 2.24) is 0 Å². The van der Waals surface area contributed by atoms with Gasteiger partial charge < -0.3 is 4.74 Å². The number of unbranched alkanes of at least 4 members (excludes halogenated alkanes) is 2. The summed E-state index contributed by atoms with van der Waals surface area (Å²) in [5.74, 6) is -0.167. The Hall–Kier alpha value is -2.09.